The standard InChI is InChI=1S/C21H18ClN2O5S/c1-14-20(30-13-23(14)12-19(25)15-5-3-2-4-6-15)9-10-29-21(26)17-11-16(24(27)28)7-8-18(17)22/h2-8,11,13H,9-10,12H2,1H3/q+1. The average molecular weight is 446 g/mol. The minimum atomic E-state index is -0.718. The van der Waals surface area contributed by atoms with E-state index in [-0.39, 0.29) is 35.2 Å². The van der Waals surface area contributed by atoms with E-state index in [0.29, 0.717) is 12.0 Å². The van der Waals surface area contributed by atoms with Gasteiger partial charge in [0.25, 0.3) is 5.69 Å². The van der Waals surface area contributed by atoms with Crippen LogP contribution in [0, 0.1) is 17.0 Å². The molecule has 30 heavy (non-hydrogen) atoms. The maximum absolute atomic E-state index is 12.4. The van der Waals surface area contributed by atoms with Gasteiger partial charge in [0.15, 0.2) is 5.69 Å². The molecule has 0 aliphatic heterocycles. The SMILES string of the molecule is Cc1c(CCOC(=O)c2cc([N+](=O)[O-])ccc2Cl)sc[n+]1CC(=O)c1ccccc1. The Morgan fingerprint density at radius 1 is 1.20 bits per heavy atom. The second kappa shape index (κ2) is 9.60. The summed E-state index contributed by atoms with van der Waals surface area (Å²) in [6.07, 6.45) is 0.460. The number of hydrogen-bond donors (Lipinski definition) is 0. The third-order valence-corrected chi connectivity index (χ3v) is 5.98. The first-order chi connectivity index (χ1) is 14.4. The summed E-state index contributed by atoms with van der Waals surface area (Å²) in [5.41, 5.74) is 3.17. The number of nitro benzene ring substituents is 1. The first-order valence-electron chi connectivity index (χ1n) is 9.02. The zero-order valence-corrected chi connectivity index (χ0v) is 17.6. The largest absolute Gasteiger partial charge is 0.462 e. The number of esters is 1. The molecule has 7 nitrogen and oxygen atoms in total. The van der Waals surface area contributed by atoms with Crippen molar-refractivity contribution in [2.24, 2.45) is 0 Å². The van der Waals surface area contributed by atoms with Gasteiger partial charge in [-0.3, -0.25) is 14.9 Å². The lowest BCUT2D eigenvalue weighted by Crippen LogP contribution is -2.38. The minimum Gasteiger partial charge on any atom is -0.462 e. The summed E-state index contributed by atoms with van der Waals surface area (Å²) in [6, 6.07) is 12.7. The zero-order valence-electron chi connectivity index (χ0n) is 16.0. The lowest BCUT2D eigenvalue weighted by atomic mass is 10.1. The van der Waals surface area contributed by atoms with Gasteiger partial charge in [-0.25, -0.2) is 4.79 Å². The van der Waals surface area contributed by atoms with Crippen LogP contribution < -0.4 is 4.57 Å². The third-order valence-electron chi connectivity index (χ3n) is 4.51. The molecule has 0 amide bonds. The molecule has 0 radical (unpaired) electrons. The number of nitrogens with zero attached hydrogens (tertiary/aromatic N) is 2. The molecule has 0 N–H and O–H groups in total. The second-order valence-electron chi connectivity index (χ2n) is 6.46. The van der Waals surface area contributed by atoms with Crippen LogP contribution in [-0.2, 0) is 17.7 Å². The van der Waals surface area contributed by atoms with E-state index in [1.54, 1.807) is 12.1 Å². The van der Waals surface area contributed by atoms with E-state index >= 15 is 0 Å². The number of ketones is 1. The number of aromatic nitrogens is 1. The molecule has 0 spiro atoms. The fourth-order valence-electron chi connectivity index (χ4n) is 2.81. The quantitative estimate of drug-likeness (QED) is 0.170. The Kier molecular flexibility index (Phi) is 6.91. The summed E-state index contributed by atoms with van der Waals surface area (Å²) in [5.74, 6) is -0.704. The number of nitro groups is 1. The molecular weight excluding hydrogens is 428 g/mol. The van der Waals surface area contributed by atoms with Crippen LogP contribution in [-0.4, -0.2) is 23.3 Å². The topological polar surface area (TPSA) is 90.4 Å². The molecule has 1 aromatic heterocycles. The molecular formula is C21H18ClN2O5S+. The highest BCUT2D eigenvalue weighted by Crippen LogP contribution is 2.23. The van der Waals surface area contributed by atoms with Gasteiger partial charge in [0.2, 0.25) is 17.8 Å². The number of halogens is 1. The second-order valence-corrected chi connectivity index (χ2v) is 7.80. The van der Waals surface area contributed by atoms with Crippen molar-refractivity contribution in [3.63, 3.8) is 0 Å². The van der Waals surface area contributed by atoms with E-state index < -0.39 is 10.9 Å². The van der Waals surface area contributed by atoms with Gasteiger partial charge < -0.3 is 4.74 Å². The fraction of sp³-hybridized carbons (Fsp3) is 0.190. The van der Waals surface area contributed by atoms with Crippen LogP contribution in [0.25, 0.3) is 0 Å². The maximum atomic E-state index is 12.4. The van der Waals surface area contributed by atoms with Gasteiger partial charge in [-0.2, -0.15) is 4.57 Å². The Labute approximate surface area is 181 Å². The third kappa shape index (κ3) is 5.08. The van der Waals surface area contributed by atoms with Gasteiger partial charge >= 0.3 is 5.97 Å². The average Bonchev–Trinajstić information content (AvgIpc) is 3.08. The summed E-state index contributed by atoms with van der Waals surface area (Å²) >= 11 is 7.44. The van der Waals surface area contributed by atoms with Crippen molar-refractivity contribution < 1.29 is 23.8 Å². The lowest BCUT2D eigenvalue weighted by Gasteiger charge is -2.05. The molecule has 3 rings (SSSR count). The molecule has 0 fully saturated rings. The van der Waals surface area contributed by atoms with Crippen molar-refractivity contribution in [2.45, 2.75) is 19.9 Å². The van der Waals surface area contributed by atoms with E-state index in [2.05, 4.69) is 0 Å². The Morgan fingerprint density at radius 3 is 2.63 bits per heavy atom. The summed E-state index contributed by atoms with van der Waals surface area (Å²) < 4.78 is 7.12. The highest BCUT2D eigenvalue weighted by atomic mass is 35.5. The van der Waals surface area contributed by atoms with Crippen LogP contribution in [0.5, 0.6) is 0 Å². The fourth-order valence-corrected chi connectivity index (χ4v) is 3.99. The summed E-state index contributed by atoms with van der Waals surface area (Å²) in [6.45, 7) is 2.23. The summed E-state index contributed by atoms with van der Waals surface area (Å²) in [5, 5.41) is 11.0. The number of benzene rings is 2. The van der Waals surface area contributed by atoms with Gasteiger partial charge in [0, 0.05) is 31.0 Å². The predicted octanol–water partition coefficient (Wildman–Crippen LogP) is 4.19. The monoisotopic (exact) mass is 445 g/mol. The van der Waals surface area contributed by atoms with Gasteiger partial charge in [-0.15, -0.1) is 0 Å². The van der Waals surface area contributed by atoms with Crippen LogP contribution in [0.4, 0.5) is 5.69 Å². The van der Waals surface area contributed by atoms with Crippen molar-refractivity contribution in [1.82, 2.24) is 0 Å². The van der Waals surface area contributed by atoms with E-state index in [0.717, 1.165) is 16.6 Å². The van der Waals surface area contributed by atoms with E-state index in [9.17, 15) is 19.7 Å². The van der Waals surface area contributed by atoms with Crippen molar-refractivity contribution >= 4 is 40.4 Å². The maximum Gasteiger partial charge on any atom is 0.339 e. The van der Waals surface area contributed by atoms with Crippen LogP contribution >= 0.6 is 22.9 Å². The number of carbonyl (C=O) groups excluding carboxylic acids is 2. The Hall–Kier alpha value is -3.10. The molecule has 3 aromatic rings. The molecule has 0 unspecified atom stereocenters. The number of thiazole rings is 1. The number of ether oxygens (including phenoxy) is 1. The van der Waals surface area contributed by atoms with Crippen molar-refractivity contribution in [3.05, 3.63) is 90.9 Å². The first-order valence-corrected chi connectivity index (χ1v) is 10.3. The number of hydrogen-bond acceptors (Lipinski definition) is 6. The van der Waals surface area contributed by atoms with Crippen molar-refractivity contribution in [1.29, 1.82) is 0 Å². The Bertz CT molecular complexity index is 1100. The van der Waals surface area contributed by atoms with Gasteiger partial charge in [0.05, 0.1) is 27.0 Å². The van der Waals surface area contributed by atoms with Crippen molar-refractivity contribution in [2.75, 3.05) is 6.61 Å². The van der Waals surface area contributed by atoms with Crippen LogP contribution in [0.1, 0.15) is 31.3 Å². The smallest absolute Gasteiger partial charge is 0.339 e. The molecule has 0 bridgehead atoms. The number of non-ortho nitro benzene ring substituents is 1. The van der Waals surface area contributed by atoms with Gasteiger partial charge in [-0.05, 0) is 6.07 Å². The van der Waals surface area contributed by atoms with Gasteiger partial charge in [0.1, 0.15) is 0 Å². The van der Waals surface area contributed by atoms with Crippen LogP contribution in [0.15, 0.2) is 54.0 Å². The molecule has 1 heterocycles. The highest BCUT2D eigenvalue weighted by Gasteiger charge is 2.21. The normalized spacial score (nSPS) is 10.6. The molecule has 9 heteroatoms. The molecule has 2 aromatic carbocycles. The summed E-state index contributed by atoms with van der Waals surface area (Å²) in [4.78, 5) is 35.9. The van der Waals surface area contributed by atoms with Crippen LogP contribution in [0.2, 0.25) is 5.02 Å². The van der Waals surface area contributed by atoms with Gasteiger partial charge in [-0.1, -0.05) is 53.3 Å². The molecule has 0 aliphatic carbocycles. The number of rotatable bonds is 8. The first kappa shape index (κ1) is 21.6. The molecule has 0 saturated carbocycles. The zero-order chi connectivity index (χ0) is 21.7. The Morgan fingerprint density at radius 2 is 1.93 bits per heavy atom. The van der Waals surface area contributed by atoms with Crippen molar-refractivity contribution in [3.8, 4) is 0 Å². The molecule has 0 aliphatic rings. The number of carbonyl (C=O) groups is 2. The molecule has 154 valence electrons. The Balaban J connectivity index is 1.59. The predicted molar refractivity (Wildman–Crippen MR) is 112 cm³/mol. The lowest BCUT2D eigenvalue weighted by molar-refractivity contribution is -0.684. The summed E-state index contributed by atoms with van der Waals surface area (Å²) in [7, 11) is 0. The van der Waals surface area contributed by atoms with E-state index in [1.165, 1.54) is 23.5 Å². The van der Waals surface area contributed by atoms with E-state index in [1.807, 2.05) is 35.2 Å². The molecule has 0 atom stereocenters. The minimum absolute atomic E-state index is 0.0137. The molecule has 0 saturated heterocycles. The van der Waals surface area contributed by atoms with E-state index in [4.69, 9.17) is 16.3 Å². The highest BCUT2D eigenvalue weighted by molar-refractivity contribution is 7.09. The van der Waals surface area contributed by atoms with Crippen LogP contribution in [0.3, 0.4) is 0 Å². The number of Topliss-reactive ketones (excluding diaryl/α,β-unsaturated/α-hetero) is 1.